The molecular weight excluding hydrogens is 1620 g/mol. The third kappa shape index (κ3) is 20.2. The van der Waals surface area contributed by atoms with Crippen molar-refractivity contribution >= 4 is 99.8 Å². The van der Waals surface area contributed by atoms with Crippen LogP contribution in [-0.4, -0.2) is 124 Å². The lowest BCUT2D eigenvalue weighted by molar-refractivity contribution is 0.0972. The zero-order valence-corrected chi connectivity index (χ0v) is 74.4. The summed E-state index contributed by atoms with van der Waals surface area (Å²) in [6.07, 6.45) is 12.0. The normalized spacial score (nSPS) is 21.9. The van der Waals surface area contributed by atoms with Crippen molar-refractivity contribution in [3.63, 3.8) is 0 Å². The van der Waals surface area contributed by atoms with Crippen LogP contribution in [0.2, 0.25) is 0 Å². The molecule has 15 heterocycles. The van der Waals surface area contributed by atoms with E-state index in [1.165, 1.54) is 18.2 Å². The van der Waals surface area contributed by atoms with E-state index in [4.69, 9.17) is 34.7 Å². The molecule has 3 amide bonds. The molecule has 6 atom stereocenters. The van der Waals surface area contributed by atoms with Crippen molar-refractivity contribution in [1.82, 2.24) is 59.0 Å². The van der Waals surface area contributed by atoms with Crippen LogP contribution in [0.25, 0.3) is 14.5 Å². The van der Waals surface area contributed by atoms with Crippen LogP contribution in [0.5, 0.6) is 0 Å². The van der Waals surface area contributed by atoms with Gasteiger partial charge in [0, 0.05) is 88.2 Å². The highest BCUT2D eigenvalue weighted by Gasteiger charge is 2.46. The summed E-state index contributed by atoms with van der Waals surface area (Å²) < 4.78 is 86.9. The van der Waals surface area contributed by atoms with E-state index < -0.39 is 47.8 Å². The van der Waals surface area contributed by atoms with Crippen molar-refractivity contribution in [2.45, 2.75) is 228 Å². The molecule has 12 bridgehead atoms. The lowest BCUT2D eigenvalue weighted by Gasteiger charge is -2.34. The fourth-order valence-corrected chi connectivity index (χ4v) is 19.7. The molecule has 3 saturated heterocycles. The summed E-state index contributed by atoms with van der Waals surface area (Å²) in [5, 5.41) is 9.19. The Balaban J connectivity index is 0.000000159. The van der Waals surface area contributed by atoms with Crippen molar-refractivity contribution in [1.29, 1.82) is 0 Å². The lowest BCUT2D eigenvalue weighted by atomic mass is 9.90. The maximum atomic E-state index is 13.6. The Morgan fingerprint density at radius 2 is 0.626 bits per heavy atom. The molecule has 3 fully saturated rings. The molecule has 15 rings (SSSR count). The Hall–Kier alpha value is -12.1. The highest BCUT2D eigenvalue weighted by Crippen LogP contribution is 2.46. The summed E-state index contributed by atoms with van der Waals surface area (Å²) in [7, 11) is -12.9. The van der Waals surface area contributed by atoms with Crippen LogP contribution in [-0.2, 0) is 46.3 Å². The van der Waals surface area contributed by atoms with Gasteiger partial charge in [-0.15, -0.1) is 0 Å². The van der Waals surface area contributed by atoms with Gasteiger partial charge in [-0.3, -0.25) is 29.3 Å². The monoisotopic (exact) mass is 1720 g/mol. The van der Waals surface area contributed by atoms with E-state index in [0.717, 1.165) is 55.6 Å². The summed E-state index contributed by atoms with van der Waals surface area (Å²) in [6.45, 7) is 55.6. The van der Waals surface area contributed by atoms with E-state index in [-0.39, 0.29) is 101 Å². The largest absolute Gasteiger partial charge is 0.362 e. The second kappa shape index (κ2) is 34.3. The maximum Gasteiger partial charge on any atom is 0.281 e. The van der Waals surface area contributed by atoms with Crippen LogP contribution >= 0.6 is 0 Å². The van der Waals surface area contributed by atoms with E-state index in [1.807, 2.05) is 0 Å². The predicted octanol–water partition coefficient (Wildman–Crippen LogP) is 16.2. The number of carbonyl (C=O) groups is 3. The van der Waals surface area contributed by atoms with Crippen LogP contribution in [0.4, 0.5) is 52.0 Å². The molecule has 6 aliphatic heterocycles. The van der Waals surface area contributed by atoms with E-state index in [9.17, 15) is 39.6 Å². The Kier molecular flexibility index (Phi) is 24.7. The second-order valence-corrected chi connectivity index (χ2v) is 42.2. The van der Waals surface area contributed by atoms with Gasteiger partial charge in [-0.1, -0.05) is 80.5 Å². The number of nitrogens with one attached hydrogen (secondary N) is 6. The molecule has 9 aromatic rings. The van der Waals surface area contributed by atoms with E-state index in [1.54, 1.807) is 128 Å². The highest BCUT2D eigenvalue weighted by molar-refractivity contribution is 7.90. The number of amides is 3. The number of carbonyl (C=O) groups excluding carboxylic acids is 3. The number of anilines is 6. The predicted molar refractivity (Wildman–Crippen MR) is 472 cm³/mol. The molecule has 0 aliphatic carbocycles. The van der Waals surface area contributed by atoms with Crippen molar-refractivity contribution in [3.05, 3.63) is 231 Å². The molecule has 6 aliphatic rings. The number of nitrogens with zero attached hydrogens (tertiary/aromatic N) is 15. The Labute approximate surface area is 720 Å². The first-order valence-electron chi connectivity index (χ1n) is 41.1. The Morgan fingerprint density at radius 3 is 0.870 bits per heavy atom. The fourth-order valence-electron chi connectivity index (χ4n) is 16.9. The van der Waals surface area contributed by atoms with E-state index >= 15 is 0 Å². The van der Waals surface area contributed by atoms with Gasteiger partial charge in [0.15, 0.2) is 32.1 Å². The minimum absolute atomic E-state index is 0.206. The SMILES string of the molecule is [C-]#[N+]c1ccnc(C2CC[C@@H]3CN(c4nc(C(C)(C)C)ccc4C(=O)NS(=O)(=O)c4cccc(n4)N2)C(C)(C)C3)c1.[C-]#[N+]c1ccnc(C2CC[C@@H]3CN(c4nc(C(C)(C)C)ccc4C(=O)NS(=O)(=O)c4cccc(n4)N2)C(C)(C)C3)c1.[C-]#[N+]c1ccnc(C2CC[C@@H]3CN(c4nc(C(C)(C)C)ccc4C(=O)NS(=O)(=O)c4cccc(n4)N2)C(C)(C)C3)c1. The fraction of sp³-hybridized carbons (Fsp3) is 0.433. The van der Waals surface area contributed by atoms with Gasteiger partial charge in [-0.25, -0.2) is 58.6 Å². The minimum atomic E-state index is -4.30. The van der Waals surface area contributed by atoms with Gasteiger partial charge in [0.25, 0.3) is 47.8 Å². The van der Waals surface area contributed by atoms with Gasteiger partial charge in [-0.2, -0.15) is 25.3 Å². The summed E-state index contributed by atoms with van der Waals surface area (Å²) in [6, 6.07) is 33.5. The number of hydrogen-bond donors (Lipinski definition) is 6. The zero-order valence-electron chi connectivity index (χ0n) is 71.9. The average Bonchev–Trinajstić information content (AvgIpc) is 1.62. The highest BCUT2D eigenvalue weighted by atomic mass is 32.2. The molecule has 0 aromatic carbocycles. The van der Waals surface area contributed by atoms with Gasteiger partial charge in [0.1, 0.15) is 34.9 Å². The van der Waals surface area contributed by atoms with E-state index in [0.29, 0.717) is 108 Å². The molecule has 3 unspecified atom stereocenters. The minimum Gasteiger partial charge on any atom is -0.362 e. The summed E-state index contributed by atoms with van der Waals surface area (Å²) in [5.41, 5.74) is 4.76. The molecule has 9 aromatic heterocycles. The Morgan fingerprint density at radius 1 is 0.366 bits per heavy atom. The topological polar surface area (TPSA) is 365 Å². The van der Waals surface area contributed by atoms with Crippen LogP contribution in [0, 0.1) is 37.5 Å². The summed E-state index contributed by atoms with van der Waals surface area (Å²) in [4.78, 5) is 99.2. The average molecular weight is 1720 g/mol. The first kappa shape index (κ1) is 88.7. The number of pyridine rings is 9. The second-order valence-electron chi connectivity index (χ2n) is 37.3. The van der Waals surface area contributed by atoms with Crippen molar-refractivity contribution < 1.29 is 39.6 Å². The third-order valence-electron chi connectivity index (χ3n) is 23.3. The van der Waals surface area contributed by atoms with Crippen LogP contribution in [0.1, 0.15) is 245 Å². The van der Waals surface area contributed by atoms with Gasteiger partial charge < -0.3 is 30.7 Å². The van der Waals surface area contributed by atoms with Crippen LogP contribution in [0.3, 0.4) is 0 Å². The molecule has 642 valence electrons. The molecule has 0 spiro atoms. The molecule has 30 nitrogen and oxygen atoms in total. The van der Waals surface area contributed by atoms with Crippen molar-refractivity contribution in [2.75, 3.05) is 50.3 Å². The Bertz CT molecular complexity index is 5500. The van der Waals surface area contributed by atoms with Gasteiger partial charge >= 0.3 is 0 Å². The van der Waals surface area contributed by atoms with Gasteiger partial charge in [0.05, 0.1) is 71.6 Å². The third-order valence-corrected chi connectivity index (χ3v) is 27.0. The first-order valence-corrected chi connectivity index (χ1v) is 45.6. The maximum absolute atomic E-state index is 13.6. The van der Waals surface area contributed by atoms with Gasteiger partial charge in [0.2, 0.25) is 0 Å². The number of sulfonamides is 3. The summed E-state index contributed by atoms with van der Waals surface area (Å²) >= 11 is 0. The smallest absolute Gasteiger partial charge is 0.281 e. The van der Waals surface area contributed by atoms with Crippen LogP contribution < -0.4 is 44.8 Å². The molecular formula is C90H105N21O9S3. The standard InChI is InChI=1S/3C30H35N7O3S/c3*1-29(2,3)24-13-11-21-27(34-24)37-18-19(17-30(37,4)5)10-12-22(23-16-20(31-6)14-15-32-23)33-25-8-7-9-26(35-25)41(39,40)36-28(21)38/h3*7-9,11,13-16,19,22H,10,12,17-18H2,1-5H3,(H,33,35)(H,36,38)/t3*19-,22?/m000/s1. The van der Waals surface area contributed by atoms with Crippen molar-refractivity contribution in [2.24, 2.45) is 17.8 Å². The number of fused-ring (bicyclic) bond motifs is 18. The lowest BCUT2D eigenvalue weighted by Crippen LogP contribution is -2.41. The van der Waals surface area contributed by atoms with Crippen LogP contribution in [0.15, 0.2) is 161 Å². The first-order chi connectivity index (χ1) is 57.8. The molecule has 123 heavy (non-hydrogen) atoms. The summed E-state index contributed by atoms with van der Waals surface area (Å²) in [5.74, 6) is 1.04. The number of aromatic nitrogens is 9. The molecule has 0 saturated carbocycles. The zero-order chi connectivity index (χ0) is 88.7. The van der Waals surface area contributed by atoms with Gasteiger partial charge in [-0.05, 0) is 226 Å². The number of rotatable bonds is 3. The molecule has 6 N–H and O–H groups in total. The molecule has 33 heteroatoms. The number of hydrogen-bond acceptors (Lipinski definition) is 24. The van der Waals surface area contributed by atoms with Crippen molar-refractivity contribution in [3.8, 4) is 0 Å². The quantitative estimate of drug-likeness (QED) is 0.0895. The molecule has 0 radical (unpaired) electrons. The van der Waals surface area contributed by atoms with E-state index in [2.05, 4.69) is 193 Å².